The number of carbonyl (C=O) groups excluding carboxylic acids is 1. The third-order valence-corrected chi connectivity index (χ3v) is 9.71. The highest BCUT2D eigenvalue weighted by atomic mass is 35.5. The number of aliphatic imine (C=N–C) groups is 1. The molecule has 7 heteroatoms. The van der Waals surface area contributed by atoms with Gasteiger partial charge in [0.25, 0.3) is 0 Å². The Labute approximate surface area is 244 Å². The molecular formula is C32H45ClN2O3S. The average Bonchev–Trinajstić information content (AvgIpc) is 2.97. The Bertz CT molecular complexity index is 1090. The molecule has 1 saturated carbocycles. The van der Waals surface area contributed by atoms with E-state index in [-0.39, 0.29) is 11.6 Å². The van der Waals surface area contributed by atoms with Gasteiger partial charge >= 0.3 is 5.97 Å². The van der Waals surface area contributed by atoms with Crippen LogP contribution in [0.3, 0.4) is 0 Å². The molecule has 1 aromatic carbocycles. The Balaban J connectivity index is 1.52. The van der Waals surface area contributed by atoms with E-state index in [1.54, 1.807) is 18.7 Å². The zero-order chi connectivity index (χ0) is 28.4. The minimum Gasteiger partial charge on any atom is -0.466 e. The topological polar surface area (TPSA) is 51.1 Å². The SMILES string of the molecule is C=C(CCC/C(C(=O)OC)=C(\C)Cl)c1ccc(C2=CCN=C(N(C)CCC(C)(OC)C3CCCCC3)S2)cc1. The second-order valence-electron chi connectivity index (χ2n) is 10.9. The van der Waals surface area contributed by atoms with Crippen LogP contribution in [0.25, 0.3) is 10.5 Å². The molecule has 0 radical (unpaired) electrons. The lowest BCUT2D eigenvalue weighted by molar-refractivity contribution is -0.136. The first-order chi connectivity index (χ1) is 18.7. The Morgan fingerprint density at radius 2 is 1.87 bits per heavy atom. The van der Waals surface area contributed by atoms with Crippen molar-refractivity contribution in [3.63, 3.8) is 0 Å². The number of amidine groups is 1. The first-order valence-corrected chi connectivity index (χ1v) is 15.3. The summed E-state index contributed by atoms with van der Waals surface area (Å²) in [4.78, 5) is 20.2. The highest BCUT2D eigenvalue weighted by Gasteiger charge is 2.35. The van der Waals surface area contributed by atoms with Crippen LogP contribution in [0, 0.1) is 5.92 Å². The summed E-state index contributed by atoms with van der Waals surface area (Å²) >= 11 is 7.82. The number of nitrogens with zero attached hydrogens (tertiary/aromatic N) is 2. The molecule has 1 heterocycles. The van der Waals surface area contributed by atoms with Gasteiger partial charge in [-0.3, -0.25) is 4.99 Å². The van der Waals surface area contributed by atoms with E-state index in [0.29, 0.717) is 29.5 Å². The lowest BCUT2D eigenvalue weighted by Gasteiger charge is -2.40. The predicted molar refractivity (Wildman–Crippen MR) is 167 cm³/mol. The average molecular weight is 573 g/mol. The molecule has 1 aliphatic heterocycles. The summed E-state index contributed by atoms with van der Waals surface area (Å²) in [6, 6.07) is 8.59. The van der Waals surface area contributed by atoms with Gasteiger partial charge in [0.05, 0.1) is 24.8 Å². The highest BCUT2D eigenvalue weighted by Crippen LogP contribution is 2.38. The summed E-state index contributed by atoms with van der Waals surface area (Å²) in [6.07, 6.45) is 11.9. The molecule has 0 spiro atoms. The van der Waals surface area contributed by atoms with E-state index in [0.717, 1.165) is 42.1 Å². The molecule has 39 heavy (non-hydrogen) atoms. The smallest absolute Gasteiger partial charge is 0.334 e. The van der Waals surface area contributed by atoms with Gasteiger partial charge in [0.15, 0.2) is 5.17 Å². The molecule has 1 fully saturated rings. The van der Waals surface area contributed by atoms with E-state index in [1.165, 1.54) is 49.7 Å². The molecule has 1 aliphatic carbocycles. The number of ether oxygens (including phenoxy) is 2. The van der Waals surface area contributed by atoms with Crippen molar-refractivity contribution in [3.8, 4) is 0 Å². The summed E-state index contributed by atoms with van der Waals surface area (Å²) in [5, 5.41) is 1.55. The number of rotatable bonds is 12. The number of methoxy groups -OCH3 is 2. The van der Waals surface area contributed by atoms with Crippen molar-refractivity contribution in [2.75, 3.05) is 34.4 Å². The van der Waals surface area contributed by atoms with Gasteiger partial charge in [-0.15, -0.1) is 0 Å². The summed E-state index contributed by atoms with van der Waals surface area (Å²) < 4.78 is 10.9. The van der Waals surface area contributed by atoms with Crippen molar-refractivity contribution in [2.24, 2.45) is 10.9 Å². The molecule has 1 unspecified atom stereocenters. The first-order valence-electron chi connectivity index (χ1n) is 14.1. The van der Waals surface area contributed by atoms with Gasteiger partial charge in [-0.1, -0.05) is 73.5 Å². The zero-order valence-corrected chi connectivity index (χ0v) is 25.9. The third-order valence-electron chi connectivity index (χ3n) is 8.24. The number of hydrogen-bond donors (Lipinski definition) is 0. The molecule has 0 saturated heterocycles. The molecule has 1 atom stereocenters. The van der Waals surface area contributed by atoms with E-state index in [1.807, 2.05) is 7.11 Å². The summed E-state index contributed by atoms with van der Waals surface area (Å²) in [6.45, 7) is 9.90. The van der Waals surface area contributed by atoms with Crippen LogP contribution in [0.15, 0.2) is 52.5 Å². The number of halogens is 1. The summed E-state index contributed by atoms with van der Waals surface area (Å²) in [5.74, 6) is 0.284. The van der Waals surface area contributed by atoms with Crippen LogP contribution in [-0.4, -0.2) is 56.0 Å². The standard InChI is InChI=1S/C32H45ClN2O3S/c1-23(11-10-14-28(24(2)33)30(36)37-5)25-15-17-26(18-16-25)29-19-21-34-31(39-29)35(4)22-20-32(3,38-6)27-12-8-7-9-13-27/h15-19,27H,1,7-14,20-22H2,2-6H3/b28-24-. The molecule has 2 aliphatic rings. The Morgan fingerprint density at radius 1 is 1.18 bits per heavy atom. The maximum Gasteiger partial charge on any atom is 0.334 e. The van der Waals surface area contributed by atoms with Crippen molar-refractivity contribution < 1.29 is 14.3 Å². The minimum atomic E-state index is -0.360. The van der Waals surface area contributed by atoms with Crippen LogP contribution in [0.1, 0.15) is 82.8 Å². The van der Waals surface area contributed by atoms with Gasteiger partial charge in [0.2, 0.25) is 0 Å². The van der Waals surface area contributed by atoms with E-state index >= 15 is 0 Å². The predicted octanol–water partition coefficient (Wildman–Crippen LogP) is 8.31. The lowest BCUT2D eigenvalue weighted by Crippen LogP contribution is -2.41. The largest absolute Gasteiger partial charge is 0.466 e. The van der Waals surface area contributed by atoms with Crippen LogP contribution in [-0.2, 0) is 14.3 Å². The van der Waals surface area contributed by atoms with Gasteiger partial charge in [-0.25, -0.2) is 4.79 Å². The fourth-order valence-corrected chi connectivity index (χ4v) is 6.62. The van der Waals surface area contributed by atoms with Crippen LogP contribution in [0.4, 0.5) is 0 Å². The van der Waals surface area contributed by atoms with Gasteiger partial charge in [-0.2, -0.15) is 0 Å². The maximum absolute atomic E-state index is 11.9. The lowest BCUT2D eigenvalue weighted by atomic mass is 9.76. The van der Waals surface area contributed by atoms with Crippen LogP contribution in [0.5, 0.6) is 0 Å². The number of carbonyl (C=O) groups is 1. The van der Waals surface area contributed by atoms with Crippen LogP contribution in [0.2, 0.25) is 0 Å². The second kappa shape index (κ2) is 15.1. The van der Waals surface area contributed by atoms with E-state index < -0.39 is 0 Å². The third kappa shape index (κ3) is 8.73. The number of benzene rings is 1. The molecule has 0 aromatic heterocycles. The fourth-order valence-electron chi connectivity index (χ4n) is 5.46. The number of allylic oxidation sites excluding steroid dienone is 2. The van der Waals surface area contributed by atoms with Crippen molar-refractivity contribution in [1.29, 1.82) is 0 Å². The van der Waals surface area contributed by atoms with E-state index in [4.69, 9.17) is 26.1 Å². The summed E-state index contributed by atoms with van der Waals surface area (Å²) in [5.41, 5.74) is 3.80. The van der Waals surface area contributed by atoms with Gasteiger partial charge in [0.1, 0.15) is 0 Å². The van der Waals surface area contributed by atoms with E-state index in [9.17, 15) is 4.79 Å². The minimum absolute atomic E-state index is 0.0779. The molecule has 214 valence electrons. The molecule has 0 N–H and O–H groups in total. The fraction of sp³-hybridized carbons (Fsp3) is 0.562. The van der Waals surface area contributed by atoms with Crippen molar-refractivity contribution in [2.45, 2.75) is 77.2 Å². The molecule has 0 amide bonds. The molecule has 0 bridgehead atoms. The number of hydrogen-bond acceptors (Lipinski definition) is 6. The van der Waals surface area contributed by atoms with Gasteiger partial charge in [0, 0.05) is 30.6 Å². The van der Waals surface area contributed by atoms with Gasteiger partial charge < -0.3 is 14.4 Å². The second-order valence-corrected chi connectivity index (χ2v) is 12.4. The molecule has 1 aromatic rings. The number of thioether (sulfide) groups is 1. The normalized spacial score (nSPS) is 18.4. The summed E-state index contributed by atoms with van der Waals surface area (Å²) in [7, 11) is 5.40. The number of esters is 1. The van der Waals surface area contributed by atoms with Crippen molar-refractivity contribution in [3.05, 3.63) is 58.7 Å². The Kier molecular flexibility index (Phi) is 12.2. The van der Waals surface area contributed by atoms with Crippen LogP contribution >= 0.6 is 23.4 Å². The van der Waals surface area contributed by atoms with Crippen molar-refractivity contribution in [1.82, 2.24) is 4.90 Å². The zero-order valence-electron chi connectivity index (χ0n) is 24.4. The quantitative estimate of drug-likeness (QED) is 0.186. The Morgan fingerprint density at radius 3 is 2.49 bits per heavy atom. The molecule has 5 nitrogen and oxygen atoms in total. The first kappa shape index (κ1) is 31.5. The van der Waals surface area contributed by atoms with Crippen LogP contribution < -0.4 is 0 Å². The van der Waals surface area contributed by atoms with E-state index in [2.05, 4.69) is 55.8 Å². The maximum atomic E-state index is 11.9. The van der Waals surface area contributed by atoms with Crippen molar-refractivity contribution >= 4 is 45.0 Å². The van der Waals surface area contributed by atoms with Gasteiger partial charge in [-0.05, 0) is 81.1 Å². The molecular weight excluding hydrogens is 528 g/mol. The molecule has 3 rings (SSSR count). The Hall–Kier alpha value is -2.02. The monoisotopic (exact) mass is 572 g/mol. The highest BCUT2D eigenvalue weighted by molar-refractivity contribution is 8.21.